The maximum atomic E-state index is 5.44. The Morgan fingerprint density at radius 3 is 2.67 bits per heavy atom. The van der Waals surface area contributed by atoms with Crippen LogP contribution in [0.1, 0.15) is 18.1 Å². The van der Waals surface area contributed by atoms with E-state index in [1.807, 2.05) is 6.08 Å². The summed E-state index contributed by atoms with van der Waals surface area (Å²) in [4.78, 5) is 0. The van der Waals surface area contributed by atoms with Crippen molar-refractivity contribution in [2.45, 2.75) is 13.8 Å². The summed E-state index contributed by atoms with van der Waals surface area (Å²) in [6.45, 7) is 4.82. The molecule has 0 amide bonds. The van der Waals surface area contributed by atoms with Crippen molar-refractivity contribution in [3.63, 3.8) is 0 Å². The summed E-state index contributed by atoms with van der Waals surface area (Å²) >= 11 is 0. The van der Waals surface area contributed by atoms with Crippen molar-refractivity contribution in [3.05, 3.63) is 41.5 Å². The molecule has 1 aromatic rings. The second-order valence-corrected chi connectivity index (χ2v) is 2.94. The number of rotatable bonds is 2. The Bertz CT molecular complexity index is 287. The molecule has 0 aromatic heterocycles. The van der Waals surface area contributed by atoms with Gasteiger partial charge in [-0.2, -0.15) is 0 Å². The Hall–Kier alpha value is -1.08. The topological polar surface area (TPSA) is 26.0 Å². The van der Waals surface area contributed by atoms with Gasteiger partial charge in [0.1, 0.15) is 0 Å². The molecule has 1 aromatic carbocycles. The fraction of sp³-hybridized carbons (Fsp3) is 0.273. The molecule has 0 aliphatic heterocycles. The summed E-state index contributed by atoms with van der Waals surface area (Å²) in [5, 5.41) is 0. The third-order valence-corrected chi connectivity index (χ3v) is 1.99. The van der Waals surface area contributed by atoms with Crippen molar-refractivity contribution < 1.29 is 0 Å². The van der Waals surface area contributed by atoms with Crippen LogP contribution in [-0.4, -0.2) is 6.54 Å². The van der Waals surface area contributed by atoms with Crippen LogP contribution in [0.3, 0.4) is 0 Å². The van der Waals surface area contributed by atoms with Crippen molar-refractivity contribution in [2.24, 2.45) is 5.73 Å². The van der Waals surface area contributed by atoms with Crippen molar-refractivity contribution in [1.29, 1.82) is 0 Å². The molecule has 12 heavy (non-hydrogen) atoms. The molecule has 1 heteroatoms. The lowest BCUT2D eigenvalue weighted by molar-refractivity contribution is 1.25. The van der Waals surface area contributed by atoms with E-state index in [4.69, 9.17) is 5.73 Å². The molecule has 0 aliphatic rings. The molecule has 2 N–H and O–H groups in total. The highest BCUT2D eigenvalue weighted by molar-refractivity contribution is 5.66. The second kappa shape index (κ2) is 4.07. The molecular formula is C11H15N. The Balaban J connectivity index is 3.02. The van der Waals surface area contributed by atoms with Gasteiger partial charge in [0, 0.05) is 6.54 Å². The van der Waals surface area contributed by atoms with E-state index in [0.29, 0.717) is 6.54 Å². The molecule has 0 bridgehead atoms. The molecule has 0 saturated heterocycles. The van der Waals surface area contributed by atoms with Crippen LogP contribution >= 0.6 is 0 Å². The van der Waals surface area contributed by atoms with Crippen LogP contribution in [0.4, 0.5) is 0 Å². The number of aryl methyl sites for hydroxylation is 1. The lowest BCUT2D eigenvalue weighted by atomic mass is 10.0. The molecule has 0 atom stereocenters. The maximum absolute atomic E-state index is 5.44. The van der Waals surface area contributed by atoms with Gasteiger partial charge in [-0.1, -0.05) is 30.3 Å². The average molecular weight is 161 g/mol. The van der Waals surface area contributed by atoms with E-state index in [1.165, 1.54) is 16.7 Å². The zero-order valence-electron chi connectivity index (χ0n) is 7.67. The summed E-state index contributed by atoms with van der Waals surface area (Å²) in [6.07, 6.45) is 2.04. The van der Waals surface area contributed by atoms with Crippen molar-refractivity contribution >= 4 is 5.57 Å². The minimum absolute atomic E-state index is 0.611. The van der Waals surface area contributed by atoms with E-state index < -0.39 is 0 Å². The molecule has 0 fully saturated rings. The number of hydrogen-bond acceptors (Lipinski definition) is 1. The summed E-state index contributed by atoms with van der Waals surface area (Å²) in [5.41, 5.74) is 9.30. The van der Waals surface area contributed by atoms with Gasteiger partial charge >= 0.3 is 0 Å². The predicted octanol–water partition coefficient (Wildman–Crippen LogP) is 2.36. The minimum Gasteiger partial charge on any atom is -0.327 e. The smallest absolute Gasteiger partial charge is 0.0112 e. The highest BCUT2D eigenvalue weighted by Crippen LogP contribution is 2.16. The van der Waals surface area contributed by atoms with E-state index in [-0.39, 0.29) is 0 Å². The van der Waals surface area contributed by atoms with Crippen LogP contribution in [0.5, 0.6) is 0 Å². The summed E-state index contributed by atoms with van der Waals surface area (Å²) < 4.78 is 0. The standard InChI is InChI=1S/C11H15N/c1-9-5-3-4-6-11(9)10(2)7-8-12/h3-7H,8,12H2,1-2H3. The van der Waals surface area contributed by atoms with E-state index >= 15 is 0 Å². The van der Waals surface area contributed by atoms with Crippen molar-refractivity contribution in [3.8, 4) is 0 Å². The highest BCUT2D eigenvalue weighted by atomic mass is 14.5. The van der Waals surface area contributed by atoms with E-state index in [0.717, 1.165) is 0 Å². The van der Waals surface area contributed by atoms with Crippen LogP contribution in [0.2, 0.25) is 0 Å². The Morgan fingerprint density at radius 1 is 1.42 bits per heavy atom. The van der Waals surface area contributed by atoms with Gasteiger partial charge in [-0.05, 0) is 30.5 Å². The number of benzene rings is 1. The van der Waals surface area contributed by atoms with Gasteiger partial charge in [0.25, 0.3) is 0 Å². The zero-order chi connectivity index (χ0) is 8.97. The molecule has 0 unspecified atom stereocenters. The first-order chi connectivity index (χ1) is 5.75. The second-order valence-electron chi connectivity index (χ2n) is 2.94. The van der Waals surface area contributed by atoms with Gasteiger partial charge < -0.3 is 5.73 Å². The van der Waals surface area contributed by atoms with Crippen LogP contribution in [0.15, 0.2) is 30.3 Å². The van der Waals surface area contributed by atoms with Gasteiger partial charge in [-0.25, -0.2) is 0 Å². The number of nitrogens with two attached hydrogens (primary N) is 1. The molecule has 0 aliphatic carbocycles. The summed E-state index contributed by atoms with van der Waals surface area (Å²) in [5.74, 6) is 0. The fourth-order valence-electron chi connectivity index (χ4n) is 1.30. The first-order valence-corrected chi connectivity index (χ1v) is 4.18. The Morgan fingerprint density at radius 2 is 2.08 bits per heavy atom. The molecule has 0 saturated carbocycles. The molecule has 1 rings (SSSR count). The van der Waals surface area contributed by atoms with Gasteiger partial charge in [0.05, 0.1) is 0 Å². The predicted molar refractivity (Wildman–Crippen MR) is 53.9 cm³/mol. The van der Waals surface area contributed by atoms with Gasteiger partial charge in [0.2, 0.25) is 0 Å². The van der Waals surface area contributed by atoms with E-state index in [9.17, 15) is 0 Å². The normalized spacial score (nSPS) is 11.8. The van der Waals surface area contributed by atoms with Crippen molar-refractivity contribution in [2.75, 3.05) is 6.54 Å². The molecular weight excluding hydrogens is 146 g/mol. The third-order valence-electron chi connectivity index (χ3n) is 1.99. The Kier molecular flexibility index (Phi) is 3.06. The van der Waals surface area contributed by atoms with E-state index in [1.54, 1.807) is 0 Å². The summed E-state index contributed by atoms with van der Waals surface area (Å²) in [6, 6.07) is 8.34. The quantitative estimate of drug-likeness (QED) is 0.708. The molecule has 1 nitrogen and oxygen atoms in total. The van der Waals surface area contributed by atoms with Gasteiger partial charge in [-0.15, -0.1) is 0 Å². The lowest BCUT2D eigenvalue weighted by Crippen LogP contribution is -1.95. The Labute approximate surface area is 73.9 Å². The van der Waals surface area contributed by atoms with Crippen LogP contribution < -0.4 is 5.73 Å². The van der Waals surface area contributed by atoms with Crippen LogP contribution in [-0.2, 0) is 0 Å². The maximum Gasteiger partial charge on any atom is 0.0112 e. The molecule has 0 spiro atoms. The molecule has 0 radical (unpaired) electrons. The highest BCUT2D eigenvalue weighted by Gasteiger charge is 1.96. The summed E-state index contributed by atoms with van der Waals surface area (Å²) in [7, 11) is 0. The first-order valence-electron chi connectivity index (χ1n) is 4.18. The average Bonchev–Trinajstić information content (AvgIpc) is 2.05. The number of hydrogen-bond donors (Lipinski definition) is 1. The zero-order valence-corrected chi connectivity index (χ0v) is 7.67. The lowest BCUT2D eigenvalue weighted by Gasteiger charge is -2.04. The van der Waals surface area contributed by atoms with Gasteiger partial charge in [0.15, 0.2) is 0 Å². The SMILES string of the molecule is CC(=CCN)c1ccccc1C. The monoisotopic (exact) mass is 161 g/mol. The van der Waals surface area contributed by atoms with Gasteiger partial charge in [-0.3, -0.25) is 0 Å². The largest absolute Gasteiger partial charge is 0.327 e. The van der Waals surface area contributed by atoms with Crippen LogP contribution in [0.25, 0.3) is 5.57 Å². The third kappa shape index (κ3) is 1.95. The molecule has 0 heterocycles. The van der Waals surface area contributed by atoms with Crippen LogP contribution in [0, 0.1) is 6.92 Å². The van der Waals surface area contributed by atoms with E-state index in [2.05, 4.69) is 38.1 Å². The first kappa shape index (κ1) is 9.01. The number of allylic oxidation sites excluding steroid dienone is 1. The molecule has 64 valence electrons. The van der Waals surface area contributed by atoms with Crippen molar-refractivity contribution in [1.82, 2.24) is 0 Å². The fourth-order valence-corrected chi connectivity index (χ4v) is 1.30. The minimum atomic E-state index is 0.611.